The summed E-state index contributed by atoms with van der Waals surface area (Å²) in [6, 6.07) is 0. The lowest BCUT2D eigenvalue weighted by molar-refractivity contribution is -0.122. The van der Waals surface area contributed by atoms with Crippen LogP contribution >= 0.6 is 0 Å². The Morgan fingerprint density at radius 2 is 1.79 bits per heavy atom. The smallest absolute Gasteiger partial charge is 0.292 e. The Labute approximate surface area is 204 Å². The van der Waals surface area contributed by atoms with E-state index in [1.165, 1.54) is 11.3 Å². The number of nitrogens with one attached hydrogen (secondary N) is 1. The van der Waals surface area contributed by atoms with Gasteiger partial charge < -0.3 is 9.84 Å². The number of H-pyrrole nitrogens is 1. The summed E-state index contributed by atoms with van der Waals surface area (Å²) in [7, 11) is 0. The number of aliphatic hydroxyl groups is 1. The molecule has 7 atom stereocenters. The Hall–Kier alpha value is -1.89. The molecule has 6 heteroatoms. The number of aromatic amines is 1. The number of aliphatic hydroxyl groups excluding tert-OH is 1. The number of aromatic nitrogens is 2. The number of unbranched alkanes of at least 4 members (excludes halogenated alkanes) is 3. The van der Waals surface area contributed by atoms with E-state index < -0.39 is 0 Å². The highest BCUT2D eigenvalue weighted by atomic mass is 16.5. The fraction of sp³-hybridized carbons (Fsp3) is 0.821. The van der Waals surface area contributed by atoms with Gasteiger partial charge in [0.1, 0.15) is 0 Å². The summed E-state index contributed by atoms with van der Waals surface area (Å²) in [5.74, 6) is 0.914. The van der Waals surface area contributed by atoms with E-state index in [2.05, 4.69) is 28.9 Å². The van der Waals surface area contributed by atoms with E-state index in [-0.39, 0.29) is 34.6 Å². The molecule has 0 spiro atoms. The number of ether oxygens (including phenoxy) is 1. The zero-order valence-electron chi connectivity index (χ0n) is 21.1. The molecule has 0 amide bonds. The molecule has 3 fully saturated rings. The monoisotopic (exact) mass is 466 g/mol. The van der Waals surface area contributed by atoms with Crippen molar-refractivity contribution in [2.75, 3.05) is 13.2 Å². The molecule has 0 aliphatic heterocycles. The van der Waals surface area contributed by atoms with Gasteiger partial charge in [-0.3, -0.25) is 5.10 Å². The molecular formula is C28H42N4O2+2. The van der Waals surface area contributed by atoms with Crippen LogP contribution in [0, 0.1) is 35.8 Å². The van der Waals surface area contributed by atoms with E-state index in [1.54, 1.807) is 0 Å². The maximum absolute atomic E-state index is 9.00. The lowest BCUT2D eigenvalue weighted by Gasteiger charge is -2.58. The third-order valence-corrected chi connectivity index (χ3v) is 11.0. The summed E-state index contributed by atoms with van der Waals surface area (Å²) in [6.45, 7) is 18.5. The van der Waals surface area contributed by atoms with E-state index in [4.69, 9.17) is 27.8 Å². The first-order chi connectivity index (χ1) is 16.4. The van der Waals surface area contributed by atoms with Crippen molar-refractivity contribution in [1.82, 2.24) is 10.2 Å². The van der Waals surface area contributed by atoms with Gasteiger partial charge in [-0.25, -0.2) is 0 Å². The quantitative estimate of drug-likeness (QED) is 0.523. The van der Waals surface area contributed by atoms with Crippen LogP contribution in [-0.4, -0.2) is 45.7 Å². The second-order valence-corrected chi connectivity index (χ2v) is 12.1. The standard InChI is InChI=1S/C28H42N4O2/c1-25-12-9-21-22(28(25,30-4)14-11-24(25)34-16-8-6-5-7-15-33)10-13-27(29-3)18-23-20(19-31-32-23)17-26(21,27)2/h3-4,19,21-22,24,33H,5-18H2,1-2H3,(H,31,32)/q+2/t21-,22+,24-,25+,26+,27+,28+/m0/s1. The molecule has 1 aromatic heterocycles. The number of hydrogen-bond donors (Lipinski definition) is 2. The second kappa shape index (κ2) is 8.65. The fourth-order valence-electron chi connectivity index (χ4n) is 8.98. The summed E-state index contributed by atoms with van der Waals surface area (Å²) in [4.78, 5) is 9.41. The largest absolute Gasteiger partial charge is 0.396 e. The van der Waals surface area contributed by atoms with Crippen molar-refractivity contribution >= 4 is 0 Å². The predicted molar refractivity (Wildman–Crippen MR) is 134 cm³/mol. The second-order valence-electron chi connectivity index (χ2n) is 12.1. The Morgan fingerprint density at radius 1 is 1.00 bits per heavy atom. The predicted octanol–water partition coefficient (Wildman–Crippen LogP) is 5.48. The van der Waals surface area contributed by atoms with E-state index >= 15 is 0 Å². The van der Waals surface area contributed by atoms with Gasteiger partial charge in [0.05, 0.1) is 29.6 Å². The van der Waals surface area contributed by atoms with Crippen LogP contribution in [0.5, 0.6) is 0 Å². The molecular weight excluding hydrogens is 424 g/mol. The Morgan fingerprint density at radius 3 is 2.56 bits per heavy atom. The molecule has 0 bridgehead atoms. The number of fused-ring (bicyclic) bond motifs is 6. The van der Waals surface area contributed by atoms with Crippen LogP contribution in [0.2, 0.25) is 0 Å². The summed E-state index contributed by atoms with van der Waals surface area (Å²) in [5.41, 5.74) is 1.99. The molecule has 0 saturated heterocycles. The molecule has 0 radical (unpaired) electrons. The van der Waals surface area contributed by atoms with Crippen molar-refractivity contribution in [1.29, 1.82) is 0 Å². The Balaban J connectivity index is 1.39. The minimum atomic E-state index is -0.250. The molecule has 184 valence electrons. The van der Waals surface area contributed by atoms with Crippen molar-refractivity contribution in [3.8, 4) is 13.1 Å². The first-order valence-corrected chi connectivity index (χ1v) is 13.5. The van der Waals surface area contributed by atoms with Crippen molar-refractivity contribution in [2.45, 2.75) is 108 Å². The van der Waals surface area contributed by atoms with Gasteiger partial charge in [0.25, 0.3) is 24.2 Å². The van der Waals surface area contributed by atoms with Gasteiger partial charge in [0.2, 0.25) is 0 Å². The summed E-state index contributed by atoms with van der Waals surface area (Å²) in [6.07, 6.45) is 14.5. The third-order valence-electron chi connectivity index (χ3n) is 11.0. The van der Waals surface area contributed by atoms with Crippen LogP contribution in [0.1, 0.15) is 89.3 Å². The minimum Gasteiger partial charge on any atom is -0.396 e. The minimum absolute atomic E-state index is 0.0216. The highest BCUT2D eigenvalue weighted by Gasteiger charge is 2.78. The summed E-state index contributed by atoms with van der Waals surface area (Å²) >= 11 is 0. The van der Waals surface area contributed by atoms with Crippen molar-refractivity contribution < 1.29 is 9.84 Å². The van der Waals surface area contributed by atoms with Crippen LogP contribution in [0.4, 0.5) is 0 Å². The van der Waals surface area contributed by atoms with Crippen LogP contribution in [-0.2, 0) is 17.6 Å². The maximum atomic E-state index is 9.00. The van der Waals surface area contributed by atoms with Crippen LogP contribution in [0.3, 0.4) is 0 Å². The highest BCUT2D eigenvalue weighted by Crippen LogP contribution is 2.70. The van der Waals surface area contributed by atoms with Crippen molar-refractivity contribution in [3.05, 3.63) is 27.1 Å². The zero-order valence-corrected chi connectivity index (χ0v) is 21.1. The first-order valence-electron chi connectivity index (χ1n) is 13.5. The molecule has 2 N–H and O–H groups in total. The van der Waals surface area contributed by atoms with Crippen molar-refractivity contribution in [2.24, 2.45) is 22.7 Å². The lowest BCUT2D eigenvalue weighted by Crippen LogP contribution is -2.66. The van der Waals surface area contributed by atoms with Crippen LogP contribution < -0.4 is 0 Å². The number of rotatable bonds is 7. The van der Waals surface area contributed by atoms with Gasteiger partial charge in [-0.2, -0.15) is 5.10 Å². The Bertz CT molecular complexity index is 993. The van der Waals surface area contributed by atoms with Gasteiger partial charge in [0, 0.05) is 37.7 Å². The molecule has 0 aromatic carbocycles. The van der Waals surface area contributed by atoms with Gasteiger partial charge in [-0.05, 0) is 63.4 Å². The maximum Gasteiger partial charge on any atom is 0.292 e. The molecule has 1 aromatic rings. The topological polar surface area (TPSA) is 66.9 Å². The zero-order chi connectivity index (χ0) is 24.0. The van der Waals surface area contributed by atoms with Gasteiger partial charge in [-0.15, -0.1) is 0 Å². The van der Waals surface area contributed by atoms with E-state index in [0.29, 0.717) is 11.8 Å². The number of hydrogen-bond acceptors (Lipinski definition) is 3. The molecule has 34 heavy (non-hydrogen) atoms. The molecule has 3 saturated carbocycles. The van der Waals surface area contributed by atoms with E-state index in [1.807, 2.05) is 6.20 Å². The Kier molecular flexibility index (Phi) is 6.06. The van der Waals surface area contributed by atoms with E-state index in [0.717, 1.165) is 83.7 Å². The summed E-state index contributed by atoms with van der Waals surface area (Å²) in [5, 5.41) is 16.5. The van der Waals surface area contributed by atoms with Crippen LogP contribution in [0.15, 0.2) is 6.20 Å². The van der Waals surface area contributed by atoms with Gasteiger partial charge >= 0.3 is 0 Å². The third kappa shape index (κ3) is 3.14. The SMILES string of the molecule is C#[N+][C@@]12CC[C@@H]3[C@H](CC[C@]4(C)[C@@H](OCCCCCCO)CC[C@@]34[N+]#C)[C@@]1(C)Cc1cn[nH]c1C2. The molecule has 4 aliphatic rings. The first kappa shape index (κ1) is 23.8. The molecule has 0 unspecified atom stereocenters. The average Bonchev–Trinajstić information content (AvgIpc) is 3.40. The van der Waals surface area contributed by atoms with Crippen molar-refractivity contribution in [3.63, 3.8) is 0 Å². The molecule has 1 heterocycles. The molecule has 6 nitrogen and oxygen atoms in total. The summed E-state index contributed by atoms with van der Waals surface area (Å²) < 4.78 is 6.54. The fourth-order valence-corrected chi connectivity index (χ4v) is 8.98. The molecule has 4 aliphatic carbocycles. The lowest BCUT2D eigenvalue weighted by atomic mass is 9.41. The number of nitrogens with zero attached hydrogens (tertiary/aromatic N) is 3. The van der Waals surface area contributed by atoms with Gasteiger partial charge in [0.15, 0.2) is 0 Å². The van der Waals surface area contributed by atoms with Crippen LogP contribution in [0.25, 0.3) is 9.69 Å². The van der Waals surface area contributed by atoms with Gasteiger partial charge in [-0.1, -0.05) is 29.5 Å². The average molecular weight is 467 g/mol. The molecule has 5 rings (SSSR count). The highest BCUT2D eigenvalue weighted by molar-refractivity contribution is 5.36. The normalized spacial score (nSPS) is 42.6. The van der Waals surface area contributed by atoms with E-state index in [9.17, 15) is 0 Å².